The monoisotopic (exact) mass is 468 g/mol. The van der Waals surface area contributed by atoms with Gasteiger partial charge in [0, 0.05) is 29.2 Å². The van der Waals surface area contributed by atoms with Crippen molar-refractivity contribution in [2.45, 2.75) is 13.8 Å². The van der Waals surface area contributed by atoms with E-state index >= 15 is 0 Å². The zero-order valence-electron chi connectivity index (χ0n) is 18.5. The molecule has 2 N–H and O–H groups in total. The van der Waals surface area contributed by atoms with Crippen molar-refractivity contribution in [3.63, 3.8) is 0 Å². The highest BCUT2D eigenvalue weighted by Gasteiger charge is 2.15. The Balaban J connectivity index is 1.26. The third-order valence-electron chi connectivity index (χ3n) is 5.42. The van der Waals surface area contributed by atoms with Crippen LogP contribution in [0.1, 0.15) is 21.7 Å². The lowest BCUT2D eigenvalue weighted by atomic mass is 10.1. The van der Waals surface area contributed by atoms with Gasteiger partial charge in [0.05, 0.1) is 0 Å². The molecule has 5 rings (SSSR count). The average molecular weight is 469 g/mol. The predicted octanol–water partition coefficient (Wildman–Crippen LogP) is 5.89. The number of amides is 1. The summed E-state index contributed by atoms with van der Waals surface area (Å²) in [5.74, 6) is 0.859. The molecule has 0 aliphatic carbocycles. The lowest BCUT2D eigenvalue weighted by molar-refractivity contribution is 0.0951. The number of aromatic nitrogens is 2. The molecule has 3 heterocycles. The van der Waals surface area contributed by atoms with Crippen LogP contribution in [0.2, 0.25) is 0 Å². The first-order valence-corrected chi connectivity index (χ1v) is 11.0. The van der Waals surface area contributed by atoms with Crippen molar-refractivity contribution in [2.24, 2.45) is 0 Å². The molecule has 0 fully saturated rings. The predicted molar refractivity (Wildman–Crippen MR) is 135 cm³/mol. The molecule has 8 heteroatoms. The third-order valence-corrected chi connectivity index (χ3v) is 5.63. The van der Waals surface area contributed by atoms with Gasteiger partial charge in [-0.25, -0.2) is 4.98 Å². The van der Waals surface area contributed by atoms with Crippen LogP contribution in [0, 0.1) is 13.8 Å². The zero-order valence-corrected chi connectivity index (χ0v) is 19.3. The number of rotatable bonds is 4. The Labute approximate surface area is 200 Å². The standard InChI is InChI=1S/C26H20N4O3S/c1-15-3-4-18(13-16(15)2)21-7-8-23(32-21)24(31)30-26(34)28-19-5-6-22-20(14-19)29-25(33-22)17-9-11-27-12-10-17/h3-14H,1-2H3,(H2,28,30,31,34). The molecular weight excluding hydrogens is 448 g/mol. The van der Waals surface area contributed by atoms with Crippen molar-refractivity contribution >= 4 is 40.0 Å². The summed E-state index contributed by atoms with van der Waals surface area (Å²) in [5, 5.41) is 5.79. The van der Waals surface area contributed by atoms with E-state index in [-0.39, 0.29) is 10.9 Å². The average Bonchev–Trinajstić information content (AvgIpc) is 3.49. The molecule has 0 spiro atoms. The van der Waals surface area contributed by atoms with Crippen LogP contribution in [0.25, 0.3) is 33.9 Å². The summed E-state index contributed by atoms with van der Waals surface area (Å²) >= 11 is 5.31. The minimum atomic E-state index is -0.435. The van der Waals surface area contributed by atoms with Crippen molar-refractivity contribution in [1.82, 2.24) is 15.3 Å². The fraction of sp³-hybridized carbons (Fsp3) is 0.0769. The van der Waals surface area contributed by atoms with Gasteiger partial charge in [-0.15, -0.1) is 0 Å². The van der Waals surface area contributed by atoms with Crippen molar-refractivity contribution < 1.29 is 13.6 Å². The SMILES string of the molecule is Cc1ccc(-c2ccc(C(=O)NC(=S)Nc3ccc4oc(-c5ccncc5)nc4c3)o2)cc1C. The lowest BCUT2D eigenvalue weighted by Crippen LogP contribution is -2.33. The van der Waals surface area contributed by atoms with Crippen LogP contribution in [0.15, 0.2) is 81.9 Å². The van der Waals surface area contributed by atoms with E-state index in [4.69, 9.17) is 21.1 Å². The molecule has 5 aromatic rings. The Kier molecular flexibility index (Phi) is 5.65. The van der Waals surface area contributed by atoms with Crippen LogP contribution in [0.5, 0.6) is 0 Å². The number of pyridine rings is 1. The molecule has 0 atom stereocenters. The minimum absolute atomic E-state index is 0.145. The second-order valence-corrected chi connectivity index (χ2v) is 8.22. The molecule has 0 unspecified atom stereocenters. The molecule has 1 amide bonds. The van der Waals surface area contributed by atoms with Gasteiger partial charge in [-0.2, -0.15) is 0 Å². The summed E-state index contributed by atoms with van der Waals surface area (Å²) in [6, 6.07) is 18.5. The Morgan fingerprint density at radius 2 is 1.71 bits per heavy atom. The summed E-state index contributed by atoms with van der Waals surface area (Å²) in [5.41, 5.74) is 6.07. The van der Waals surface area contributed by atoms with Crippen LogP contribution in [0.4, 0.5) is 5.69 Å². The van der Waals surface area contributed by atoms with Gasteiger partial charge in [0.1, 0.15) is 11.3 Å². The number of benzene rings is 2. The highest BCUT2D eigenvalue weighted by molar-refractivity contribution is 7.80. The van der Waals surface area contributed by atoms with E-state index in [9.17, 15) is 4.79 Å². The number of carbonyl (C=O) groups is 1. The molecule has 0 saturated heterocycles. The maximum Gasteiger partial charge on any atom is 0.293 e. The molecule has 2 aromatic carbocycles. The normalized spacial score (nSPS) is 10.9. The molecule has 7 nitrogen and oxygen atoms in total. The third kappa shape index (κ3) is 4.44. The minimum Gasteiger partial charge on any atom is -0.451 e. The number of carbonyl (C=O) groups excluding carboxylic acids is 1. The van der Waals surface area contributed by atoms with Crippen molar-refractivity contribution in [2.75, 3.05) is 5.32 Å². The van der Waals surface area contributed by atoms with E-state index in [2.05, 4.69) is 20.6 Å². The van der Waals surface area contributed by atoms with E-state index in [0.29, 0.717) is 28.4 Å². The molecule has 34 heavy (non-hydrogen) atoms. The Bertz CT molecular complexity index is 1520. The summed E-state index contributed by atoms with van der Waals surface area (Å²) in [7, 11) is 0. The van der Waals surface area contributed by atoms with Gasteiger partial charge < -0.3 is 14.2 Å². The maximum atomic E-state index is 12.6. The molecular formula is C26H20N4O3S. The van der Waals surface area contributed by atoms with Crippen LogP contribution in [-0.2, 0) is 0 Å². The number of fused-ring (bicyclic) bond motifs is 1. The number of aryl methyl sites for hydroxylation is 2. The Hall–Kier alpha value is -4.30. The highest BCUT2D eigenvalue weighted by atomic mass is 32.1. The molecule has 0 aliphatic heterocycles. The van der Waals surface area contributed by atoms with E-state index in [1.165, 1.54) is 5.56 Å². The maximum absolute atomic E-state index is 12.6. The molecule has 0 aliphatic rings. The number of thiocarbonyl (C=S) groups is 1. The second kappa shape index (κ2) is 8.92. The Morgan fingerprint density at radius 3 is 2.50 bits per heavy atom. The first kappa shape index (κ1) is 21.5. The largest absolute Gasteiger partial charge is 0.451 e. The second-order valence-electron chi connectivity index (χ2n) is 7.81. The Morgan fingerprint density at radius 1 is 0.882 bits per heavy atom. The lowest BCUT2D eigenvalue weighted by Gasteiger charge is -2.08. The van der Waals surface area contributed by atoms with Crippen molar-refractivity contribution in [3.8, 4) is 22.8 Å². The van der Waals surface area contributed by atoms with Gasteiger partial charge in [0.2, 0.25) is 5.89 Å². The van der Waals surface area contributed by atoms with Gasteiger partial charge in [-0.05, 0) is 85.7 Å². The van der Waals surface area contributed by atoms with Crippen LogP contribution >= 0.6 is 12.2 Å². The van der Waals surface area contributed by atoms with Gasteiger partial charge in [-0.3, -0.25) is 15.1 Å². The number of anilines is 1. The number of nitrogens with zero attached hydrogens (tertiary/aromatic N) is 2. The topological polar surface area (TPSA) is 93.2 Å². The fourth-order valence-electron chi connectivity index (χ4n) is 3.46. The molecule has 3 aromatic heterocycles. The first-order valence-electron chi connectivity index (χ1n) is 10.6. The summed E-state index contributed by atoms with van der Waals surface area (Å²) in [4.78, 5) is 21.1. The number of oxazole rings is 1. The molecule has 0 saturated carbocycles. The van der Waals surface area contributed by atoms with E-state index in [1.807, 2.05) is 44.2 Å². The van der Waals surface area contributed by atoms with Crippen molar-refractivity contribution in [3.05, 3.63) is 89.9 Å². The van der Waals surface area contributed by atoms with Gasteiger partial charge >= 0.3 is 0 Å². The highest BCUT2D eigenvalue weighted by Crippen LogP contribution is 2.26. The van der Waals surface area contributed by atoms with E-state index < -0.39 is 5.91 Å². The van der Waals surface area contributed by atoms with Gasteiger partial charge in [-0.1, -0.05) is 12.1 Å². The molecule has 0 bridgehead atoms. The summed E-state index contributed by atoms with van der Waals surface area (Å²) in [6.07, 6.45) is 3.37. The molecule has 168 valence electrons. The smallest absolute Gasteiger partial charge is 0.293 e. The van der Waals surface area contributed by atoms with Gasteiger partial charge in [0.15, 0.2) is 16.5 Å². The van der Waals surface area contributed by atoms with Crippen LogP contribution in [0.3, 0.4) is 0 Å². The van der Waals surface area contributed by atoms with Crippen LogP contribution < -0.4 is 10.6 Å². The summed E-state index contributed by atoms with van der Waals surface area (Å²) in [6.45, 7) is 4.09. The van der Waals surface area contributed by atoms with E-state index in [1.54, 1.807) is 42.7 Å². The fourth-order valence-corrected chi connectivity index (χ4v) is 3.67. The van der Waals surface area contributed by atoms with E-state index in [0.717, 1.165) is 16.7 Å². The summed E-state index contributed by atoms with van der Waals surface area (Å²) < 4.78 is 11.6. The number of furan rings is 1. The quantitative estimate of drug-likeness (QED) is 0.318. The van der Waals surface area contributed by atoms with Crippen LogP contribution in [-0.4, -0.2) is 21.0 Å². The number of nitrogens with one attached hydrogen (secondary N) is 2. The number of hydrogen-bond donors (Lipinski definition) is 2. The number of hydrogen-bond acceptors (Lipinski definition) is 6. The first-order chi connectivity index (χ1) is 16.5. The van der Waals surface area contributed by atoms with Crippen molar-refractivity contribution in [1.29, 1.82) is 0 Å². The molecule has 0 radical (unpaired) electrons. The zero-order chi connectivity index (χ0) is 23.7. The van der Waals surface area contributed by atoms with Gasteiger partial charge in [0.25, 0.3) is 5.91 Å².